The van der Waals surface area contributed by atoms with E-state index in [0.29, 0.717) is 17.5 Å². The van der Waals surface area contributed by atoms with Gasteiger partial charge in [0.25, 0.3) is 0 Å². The van der Waals surface area contributed by atoms with E-state index >= 15 is 0 Å². The molecular weight excluding hydrogens is 558 g/mol. The van der Waals surface area contributed by atoms with Gasteiger partial charge in [-0.1, -0.05) is 158 Å². The van der Waals surface area contributed by atoms with Crippen molar-refractivity contribution < 1.29 is 0 Å². The molecule has 214 valence electrons. The summed E-state index contributed by atoms with van der Waals surface area (Å²) >= 11 is 0. The van der Waals surface area contributed by atoms with Gasteiger partial charge < -0.3 is 0 Å². The van der Waals surface area contributed by atoms with E-state index in [0.717, 1.165) is 27.8 Å². The lowest BCUT2D eigenvalue weighted by Gasteiger charge is -2.17. The van der Waals surface area contributed by atoms with Crippen molar-refractivity contribution in [1.82, 2.24) is 15.0 Å². The molecule has 0 aliphatic carbocycles. The van der Waals surface area contributed by atoms with Crippen molar-refractivity contribution in [3.05, 3.63) is 164 Å². The number of rotatable bonds is 4. The van der Waals surface area contributed by atoms with Gasteiger partial charge >= 0.3 is 0 Å². The monoisotopic (exact) mass is 585 g/mol. The number of fused-ring (bicyclic) bond motifs is 7. The van der Waals surface area contributed by atoms with Gasteiger partial charge in [-0.15, -0.1) is 0 Å². The van der Waals surface area contributed by atoms with E-state index in [2.05, 4.69) is 103 Å². The fourth-order valence-corrected chi connectivity index (χ4v) is 6.75. The molecule has 0 saturated heterocycles. The second-order valence-electron chi connectivity index (χ2n) is 11.6. The molecule has 1 aromatic heterocycles. The maximum atomic E-state index is 5.10. The molecule has 3 nitrogen and oxygen atoms in total. The fraction of sp³-hybridized carbons (Fsp3) is 0. The highest BCUT2D eigenvalue weighted by molar-refractivity contribution is 6.26. The highest BCUT2D eigenvalue weighted by atomic mass is 15.0. The number of nitrogens with zero attached hydrogens (tertiary/aromatic N) is 3. The average molecular weight is 586 g/mol. The van der Waals surface area contributed by atoms with E-state index in [-0.39, 0.29) is 0 Å². The number of aromatic nitrogens is 3. The van der Waals surface area contributed by atoms with Gasteiger partial charge in [-0.3, -0.25) is 0 Å². The minimum atomic E-state index is 0.649. The molecule has 0 amide bonds. The second kappa shape index (κ2) is 10.8. The third-order valence-electron chi connectivity index (χ3n) is 8.90. The first-order valence-corrected chi connectivity index (χ1v) is 15.5. The van der Waals surface area contributed by atoms with Crippen LogP contribution in [0.1, 0.15) is 0 Å². The molecule has 0 aliphatic heterocycles. The zero-order chi connectivity index (χ0) is 30.5. The van der Waals surface area contributed by atoms with Crippen molar-refractivity contribution >= 4 is 43.1 Å². The first-order valence-electron chi connectivity index (χ1n) is 15.5. The SMILES string of the molecule is c1ccc(-c2nc(-c3ccccc3)nc(-c3ccccc3-c3cc4c(ccc5ccc6ccccc6c54)c4ccccc34)n2)cc1. The predicted molar refractivity (Wildman–Crippen MR) is 192 cm³/mol. The van der Waals surface area contributed by atoms with Crippen LogP contribution >= 0.6 is 0 Å². The second-order valence-corrected chi connectivity index (χ2v) is 11.6. The van der Waals surface area contributed by atoms with Crippen LogP contribution < -0.4 is 0 Å². The molecule has 8 aromatic carbocycles. The Hall–Kier alpha value is -6.19. The largest absolute Gasteiger partial charge is 0.208 e. The zero-order valence-electron chi connectivity index (χ0n) is 24.9. The van der Waals surface area contributed by atoms with Crippen LogP contribution in [0, 0.1) is 0 Å². The molecule has 0 N–H and O–H groups in total. The molecule has 0 bridgehead atoms. The Kier molecular flexibility index (Phi) is 6.14. The van der Waals surface area contributed by atoms with Crippen molar-refractivity contribution in [1.29, 1.82) is 0 Å². The third kappa shape index (κ3) is 4.33. The van der Waals surface area contributed by atoms with E-state index in [1.54, 1.807) is 0 Å². The van der Waals surface area contributed by atoms with Crippen LogP contribution in [-0.2, 0) is 0 Å². The van der Waals surface area contributed by atoms with Crippen LogP contribution in [0.25, 0.3) is 88.4 Å². The standard InChI is InChI=1S/C43H27N3/c1-3-14-30(15-4-1)41-44-42(31-16-5-2-6-17-31)46-43(45-41)37-22-12-11-21-35(37)38-27-39-36(33-19-9-10-20-34(33)38)26-25-29-24-23-28-13-7-8-18-32(28)40(29)39/h1-27H. The van der Waals surface area contributed by atoms with Gasteiger partial charge in [-0.2, -0.15) is 0 Å². The quantitative estimate of drug-likeness (QED) is 0.193. The van der Waals surface area contributed by atoms with Crippen molar-refractivity contribution in [2.24, 2.45) is 0 Å². The molecule has 0 radical (unpaired) electrons. The maximum Gasteiger partial charge on any atom is 0.164 e. The van der Waals surface area contributed by atoms with Crippen molar-refractivity contribution in [3.63, 3.8) is 0 Å². The predicted octanol–water partition coefficient (Wildman–Crippen LogP) is 11.2. The van der Waals surface area contributed by atoms with Crippen molar-refractivity contribution in [2.75, 3.05) is 0 Å². The Balaban J connectivity index is 1.36. The van der Waals surface area contributed by atoms with Crippen LogP contribution in [0.15, 0.2) is 164 Å². The normalized spacial score (nSPS) is 11.5. The van der Waals surface area contributed by atoms with E-state index in [4.69, 9.17) is 15.0 Å². The van der Waals surface area contributed by atoms with Crippen LogP contribution in [-0.4, -0.2) is 15.0 Å². The molecule has 46 heavy (non-hydrogen) atoms. The highest BCUT2D eigenvalue weighted by Gasteiger charge is 2.18. The average Bonchev–Trinajstić information content (AvgIpc) is 3.14. The molecule has 0 spiro atoms. The van der Waals surface area contributed by atoms with Gasteiger partial charge in [-0.05, 0) is 60.3 Å². The van der Waals surface area contributed by atoms with Crippen LogP contribution in [0.3, 0.4) is 0 Å². The lowest BCUT2D eigenvalue weighted by Crippen LogP contribution is -2.01. The Labute approximate surface area is 266 Å². The van der Waals surface area contributed by atoms with Gasteiger partial charge in [0.15, 0.2) is 17.5 Å². The smallest absolute Gasteiger partial charge is 0.164 e. The summed E-state index contributed by atoms with van der Waals surface area (Å²) in [6.07, 6.45) is 0. The Bertz CT molecular complexity index is 2520. The molecule has 9 rings (SSSR count). The summed E-state index contributed by atoms with van der Waals surface area (Å²) in [6.45, 7) is 0. The lowest BCUT2D eigenvalue weighted by molar-refractivity contribution is 1.07. The minimum absolute atomic E-state index is 0.649. The Morgan fingerprint density at radius 3 is 1.50 bits per heavy atom. The summed E-state index contributed by atoms with van der Waals surface area (Å²) in [5, 5.41) is 9.92. The topological polar surface area (TPSA) is 38.7 Å². The number of hydrogen-bond donors (Lipinski definition) is 0. The van der Waals surface area contributed by atoms with Crippen LogP contribution in [0.2, 0.25) is 0 Å². The maximum absolute atomic E-state index is 5.10. The first kappa shape index (κ1) is 26.2. The van der Waals surface area contributed by atoms with Gasteiger partial charge in [-0.25, -0.2) is 15.0 Å². The first-order chi connectivity index (χ1) is 22.8. The Morgan fingerprint density at radius 1 is 0.283 bits per heavy atom. The highest BCUT2D eigenvalue weighted by Crippen LogP contribution is 2.42. The van der Waals surface area contributed by atoms with Gasteiger partial charge in [0.05, 0.1) is 0 Å². The van der Waals surface area contributed by atoms with Crippen LogP contribution in [0.5, 0.6) is 0 Å². The molecule has 0 fully saturated rings. The summed E-state index contributed by atoms with van der Waals surface area (Å²) in [5.74, 6) is 1.95. The van der Waals surface area contributed by atoms with Crippen molar-refractivity contribution in [3.8, 4) is 45.3 Å². The van der Waals surface area contributed by atoms with Crippen molar-refractivity contribution in [2.45, 2.75) is 0 Å². The summed E-state index contributed by atoms with van der Waals surface area (Å²) in [6, 6.07) is 57.5. The summed E-state index contributed by atoms with van der Waals surface area (Å²) in [5.41, 5.74) is 5.11. The van der Waals surface area contributed by atoms with Gasteiger partial charge in [0, 0.05) is 16.7 Å². The minimum Gasteiger partial charge on any atom is -0.208 e. The molecule has 0 saturated carbocycles. The Morgan fingerprint density at radius 2 is 0.783 bits per heavy atom. The lowest BCUT2D eigenvalue weighted by atomic mass is 9.88. The van der Waals surface area contributed by atoms with E-state index < -0.39 is 0 Å². The third-order valence-corrected chi connectivity index (χ3v) is 8.90. The molecule has 1 heterocycles. The summed E-state index contributed by atoms with van der Waals surface area (Å²) in [7, 11) is 0. The summed E-state index contributed by atoms with van der Waals surface area (Å²) in [4.78, 5) is 15.1. The van der Waals surface area contributed by atoms with E-state index in [9.17, 15) is 0 Å². The van der Waals surface area contributed by atoms with Crippen LogP contribution in [0.4, 0.5) is 0 Å². The molecule has 0 unspecified atom stereocenters. The number of hydrogen-bond acceptors (Lipinski definition) is 3. The fourth-order valence-electron chi connectivity index (χ4n) is 6.75. The van der Waals surface area contributed by atoms with Gasteiger partial charge in [0.1, 0.15) is 0 Å². The van der Waals surface area contributed by atoms with E-state index in [1.807, 2.05) is 60.7 Å². The molecular formula is C43H27N3. The molecule has 3 heteroatoms. The molecule has 0 atom stereocenters. The van der Waals surface area contributed by atoms with Gasteiger partial charge in [0.2, 0.25) is 0 Å². The molecule has 0 aliphatic rings. The van der Waals surface area contributed by atoms with E-state index in [1.165, 1.54) is 43.1 Å². The molecule has 9 aromatic rings. The zero-order valence-corrected chi connectivity index (χ0v) is 24.9. The summed E-state index contributed by atoms with van der Waals surface area (Å²) < 4.78 is 0. The number of benzene rings is 8.